The van der Waals surface area contributed by atoms with Crippen LogP contribution in [-0.4, -0.2) is 46.0 Å². The summed E-state index contributed by atoms with van der Waals surface area (Å²) < 4.78 is 41.0. The van der Waals surface area contributed by atoms with Crippen LogP contribution in [0.5, 0.6) is 0 Å². The Bertz CT molecular complexity index is 733. The summed E-state index contributed by atoms with van der Waals surface area (Å²) >= 11 is 0. The molecule has 2 atom stereocenters. The van der Waals surface area contributed by atoms with Crippen LogP contribution in [0.4, 0.5) is 4.79 Å². The minimum absolute atomic E-state index is 0.0927. The molecule has 0 aromatic heterocycles. The lowest BCUT2D eigenvalue weighted by Gasteiger charge is -2.28. The monoisotopic (exact) mass is 413 g/mol. The van der Waals surface area contributed by atoms with Gasteiger partial charge >= 0.3 is 6.09 Å². The van der Waals surface area contributed by atoms with Gasteiger partial charge in [-0.3, -0.25) is 4.18 Å². The van der Waals surface area contributed by atoms with Crippen molar-refractivity contribution in [1.29, 1.82) is 0 Å². The van der Waals surface area contributed by atoms with E-state index in [1.54, 1.807) is 32.9 Å². The highest BCUT2D eigenvalue weighted by Crippen LogP contribution is 2.21. The largest absolute Gasteiger partial charge is 0.444 e. The molecule has 1 aromatic carbocycles. The molecule has 0 aliphatic carbocycles. The zero-order chi connectivity index (χ0) is 20.8. The maximum atomic E-state index is 12.5. The Kier molecular flexibility index (Phi) is 7.86. The molecule has 1 heterocycles. The summed E-state index contributed by atoms with van der Waals surface area (Å²) in [5, 5.41) is 2.75. The van der Waals surface area contributed by atoms with Gasteiger partial charge in [-0.1, -0.05) is 17.7 Å². The molecule has 158 valence electrons. The number of benzene rings is 1. The van der Waals surface area contributed by atoms with Gasteiger partial charge in [-0.05, 0) is 65.0 Å². The number of aryl methyl sites for hydroxylation is 1. The second-order valence-corrected chi connectivity index (χ2v) is 9.83. The van der Waals surface area contributed by atoms with E-state index in [2.05, 4.69) is 5.32 Å². The van der Waals surface area contributed by atoms with E-state index >= 15 is 0 Å². The second kappa shape index (κ2) is 9.71. The molecular weight excluding hydrogens is 382 g/mol. The topological polar surface area (TPSA) is 90.9 Å². The second-order valence-electron chi connectivity index (χ2n) is 8.21. The molecule has 0 bridgehead atoms. The summed E-state index contributed by atoms with van der Waals surface area (Å²) in [5.74, 6) is 0.236. The predicted octanol–water partition coefficient (Wildman–Crippen LogP) is 3.41. The van der Waals surface area contributed by atoms with E-state index in [0.717, 1.165) is 25.0 Å². The molecule has 1 saturated heterocycles. The first-order chi connectivity index (χ1) is 13.0. The molecule has 1 aliphatic heterocycles. The quantitative estimate of drug-likeness (QED) is 0.689. The summed E-state index contributed by atoms with van der Waals surface area (Å²) in [5.41, 5.74) is 0.318. The number of ether oxygens (including phenoxy) is 2. The van der Waals surface area contributed by atoms with Crippen LogP contribution < -0.4 is 5.32 Å². The Morgan fingerprint density at radius 3 is 2.54 bits per heavy atom. The zero-order valence-corrected chi connectivity index (χ0v) is 17.9. The summed E-state index contributed by atoms with van der Waals surface area (Å²) in [6.07, 6.45) is 1.89. The van der Waals surface area contributed by atoms with Crippen molar-refractivity contribution in [2.45, 2.75) is 63.5 Å². The lowest BCUT2D eigenvalue weighted by molar-refractivity contribution is 0.0354. The minimum atomic E-state index is -3.91. The SMILES string of the molecule is Cc1ccc(S(=O)(=O)OC[C@H](C[C@H]2CCCOC2)NC(=O)OC(C)(C)C)cc1. The van der Waals surface area contributed by atoms with Gasteiger partial charge in [-0.2, -0.15) is 8.42 Å². The van der Waals surface area contributed by atoms with E-state index in [1.165, 1.54) is 12.1 Å². The van der Waals surface area contributed by atoms with E-state index in [-0.39, 0.29) is 17.4 Å². The third-order valence-corrected chi connectivity index (χ3v) is 5.62. The lowest BCUT2D eigenvalue weighted by Crippen LogP contribution is -2.43. The van der Waals surface area contributed by atoms with Crippen LogP contribution >= 0.6 is 0 Å². The van der Waals surface area contributed by atoms with Gasteiger partial charge in [0.2, 0.25) is 0 Å². The average molecular weight is 414 g/mol. The molecule has 8 heteroatoms. The zero-order valence-electron chi connectivity index (χ0n) is 17.1. The van der Waals surface area contributed by atoms with Crippen LogP contribution in [0, 0.1) is 12.8 Å². The molecule has 0 unspecified atom stereocenters. The van der Waals surface area contributed by atoms with E-state index < -0.39 is 27.9 Å². The van der Waals surface area contributed by atoms with Crippen molar-refractivity contribution in [3.63, 3.8) is 0 Å². The first-order valence-electron chi connectivity index (χ1n) is 9.58. The molecule has 1 fully saturated rings. The third kappa shape index (κ3) is 7.77. The number of nitrogens with one attached hydrogen (secondary N) is 1. The van der Waals surface area contributed by atoms with Crippen LogP contribution in [0.25, 0.3) is 0 Å². The molecule has 0 saturated carbocycles. The van der Waals surface area contributed by atoms with Crippen molar-refractivity contribution in [3.8, 4) is 0 Å². The molecule has 0 radical (unpaired) electrons. The van der Waals surface area contributed by atoms with Gasteiger partial charge in [0.25, 0.3) is 10.1 Å². The number of amides is 1. The van der Waals surface area contributed by atoms with Crippen molar-refractivity contribution in [1.82, 2.24) is 5.32 Å². The molecule has 0 spiro atoms. The molecule has 1 aliphatic rings. The van der Waals surface area contributed by atoms with Gasteiger partial charge in [-0.25, -0.2) is 4.79 Å². The highest BCUT2D eigenvalue weighted by Gasteiger charge is 2.26. The normalized spacial score (nSPS) is 19.1. The van der Waals surface area contributed by atoms with E-state index in [4.69, 9.17) is 13.7 Å². The van der Waals surface area contributed by atoms with Crippen molar-refractivity contribution in [3.05, 3.63) is 29.8 Å². The maximum absolute atomic E-state index is 12.5. The highest BCUT2D eigenvalue weighted by atomic mass is 32.2. The van der Waals surface area contributed by atoms with Crippen molar-refractivity contribution < 1.29 is 26.9 Å². The molecule has 1 N–H and O–H groups in total. The molecule has 2 rings (SSSR count). The first kappa shape index (κ1) is 22.6. The minimum Gasteiger partial charge on any atom is -0.444 e. The highest BCUT2D eigenvalue weighted by molar-refractivity contribution is 7.86. The van der Waals surface area contributed by atoms with Crippen molar-refractivity contribution in [2.75, 3.05) is 19.8 Å². The van der Waals surface area contributed by atoms with E-state index in [9.17, 15) is 13.2 Å². The number of hydrogen-bond acceptors (Lipinski definition) is 6. The first-order valence-corrected chi connectivity index (χ1v) is 11.0. The van der Waals surface area contributed by atoms with E-state index in [1.807, 2.05) is 6.92 Å². The molecular formula is C20H31NO6S. The van der Waals surface area contributed by atoms with Crippen LogP contribution in [0.1, 0.15) is 45.6 Å². The Morgan fingerprint density at radius 2 is 1.96 bits per heavy atom. The number of hydrogen-bond donors (Lipinski definition) is 1. The van der Waals surface area contributed by atoms with Gasteiger partial charge in [0.05, 0.1) is 17.5 Å². The Hall–Kier alpha value is -1.64. The fourth-order valence-electron chi connectivity index (χ4n) is 2.98. The third-order valence-electron chi connectivity index (χ3n) is 4.33. The van der Waals surface area contributed by atoms with Crippen LogP contribution in [-0.2, 0) is 23.8 Å². The van der Waals surface area contributed by atoms with Gasteiger partial charge in [0.15, 0.2) is 0 Å². The molecule has 28 heavy (non-hydrogen) atoms. The maximum Gasteiger partial charge on any atom is 0.407 e. The van der Waals surface area contributed by atoms with Gasteiger partial charge in [0.1, 0.15) is 5.60 Å². The van der Waals surface area contributed by atoms with Crippen LogP contribution in [0.2, 0.25) is 0 Å². The number of alkyl carbamates (subject to hydrolysis) is 1. The van der Waals surface area contributed by atoms with Crippen LogP contribution in [0.15, 0.2) is 29.2 Å². The van der Waals surface area contributed by atoms with E-state index in [0.29, 0.717) is 13.0 Å². The van der Waals surface area contributed by atoms with Crippen molar-refractivity contribution >= 4 is 16.2 Å². The van der Waals surface area contributed by atoms with Crippen LogP contribution in [0.3, 0.4) is 0 Å². The van der Waals surface area contributed by atoms with Crippen molar-refractivity contribution in [2.24, 2.45) is 5.92 Å². The fraction of sp³-hybridized carbons (Fsp3) is 0.650. The predicted molar refractivity (Wildman–Crippen MR) is 106 cm³/mol. The number of carbonyl (C=O) groups is 1. The smallest absolute Gasteiger partial charge is 0.407 e. The number of carbonyl (C=O) groups excluding carboxylic acids is 1. The van der Waals surface area contributed by atoms with Gasteiger partial charge in [0, 0.05) is 13.2 Å². The Balaban J connectivity index is 2.02. The van der Waals surface area contributed by atoms with Gasteiger partial charge in [-0.15, -0.1) is 0 Å². The Morgan fingerprint density at radius 1 is 1.29 bits per heavy atom. The summed E-state index contributed by atoms with van der Waals surface area (Å²) in [4.78, 5) is 12.3. The molecule has 1 amide bonds. The summed E-state index contributed by atoms with van der Waals surface area (Å²) in [6.45, 7) is 8.37. The Labute approximate surface area is 167 Å². The fourth-order valence-corrected chi connectivity index (χ4v) is 3.93. The lowest BCUT2D eigenvalue weighted by atomic mass is 9.95. The molecule has 1 aromatic rings. The average Bonchev–Trinajstić information content (AvgIpc) is 2.59. The molecule has 7 nitrogen and oxygen atoms in total. The summed E-state index contributed by atoms with van der Waals surface area (Å²) in [6, 6.07) is 5.95. The number of rotatable bonds is 7. The standard InChI is InChI=1S/C20H31NO6S/c1-15-7-9-18(10-8-15)28(23,24)26-14-17(12-16-6-5-11-25-13-16)21-19(22)27-20(2,3)4/h7-10,16-17H,5-6,11-14H2,1-4H3,(H,21,22)/t16-,17+/m1/s1. The summed E-state index contributed by atoms with van der Waals surface area (Å²) in [7, 11) is -3.91. The van der Waals surface area contributed by atoms with Gasteiger partial charge < -0.3 is 14.8 Å².